The molecule has 1 N–H and O–H groups in total. The van der Waals surface area contributed by atoms with Crippen LogP contribution in [0.15, 0.2) is 83.7 Å². The lowest BCUT2D eigenvalue weighted by molar-refractivity contribution is 0.415. The Morgan fingerprint density at radius 1 is 1.16 bits per heavy atom. The van der Waals surface area contributed by atoms with E-state index in [-0.39, 0.29) is 12.1 Å². The molecule has 5 rings (SSSR count). The van der Waals surface area contributed by atoms with E-state index in [1.165, 1.54) is 0 Å². The number of ether oxygens (including phenoxy) is 1. The fourth-order valence-corrected chi connectivity index (χ4v) is 4.75. The van der Waals surface area contributed by atoms with Gasteiger partial charge in [-0.2, -0.15) is 0 Å². The van der Waals surface area contributed by atoms with Gasteiger partial charge in [0.15, 0.2) is 5.11 Å². The molecule has 32 heavy (non-hydrogen) atoms. The molecular formula is C24H21ClN4O2S. The second-order valence-corrected chi connectivity index (χ2v) is 8.25. The highest BCUT2D eigenvalue weighted by Crippen LogP contribution is 2.43. The van der Waals surface area contributed by atoms with Gasteiger partial charge in [-0.1, -0.05) is 17.7 Å². The summed E-state index contributed by atoms with van der Waals surface area (Å²) in [5.74, 6) is 1.50. The molecular weight excluding hydrogens is 444 g/mol. The van der Waals surface area contributed by atoms with Crippen molar-refractivity contribution >= 4 is 34.6 Å². The number of nitrogens with zero attached hydrogens (tertiary/aromatic N) is 3. The summed E-state index contributed by atoms with van der Waals surface area (Å²) in [7, 11) is 1.60. The van der Waals surface area contributed by atoms with Crippen LogP contribution in [-0.2, 0) is 6.54 Å². The maximum absolute atomic E-state index is 6.46. The molecule has 162 valence electrons. The van der Waals surface area contributed by atoms with Gasteiger partial charge in [-0.25, -0.2) is 0 Å². The molecule has 8 heteroatoms. The predicted octanol–water partition coefficient (Wildman–Crippen LogP) is 5.36. The number of hydrogen-bond donors (Lipinski definition) is 1. The van der Waals surface area contributed by atoms with Crippen molar-refractivity contribution in [2.75, 3.05) is 12.0 Å². The molecule has 1 aromatic carbocycles. The van der Waals surface area contributed by atoms with Gasteiger partial charge < -0.3 is 23.9 Å². The first-order chi connectivity index (χ1) is 15.7. The van der Waals surface area contributed by atoms with E-state index in [1.807, 2.05) is 60.8 Å². The fraction of sp³-hybridized carbons (Fsp3) is 0.167. The number of anilines is 1. The Bertz CT molecular complexity index is 1230. The van der Waals surface area contributed by atoms with Gasteiger partial charge in [-0.3, -0.25) is 4.98 Å². The Morgan fingerprint density at radius 2 is 2.06 bits per heavy atom. The Balaban J connectivity index is 1.61. The molecule has 0 aliphatic carbocycles. The SMILES string of the molecule is COc1ccc(N2C(=S)N[C@@H](c3ccccn3)[C@@H]2c2cccn2Cc2ccco2)cc1Cl. The van der Waals surface area contributed by atoms with Crippen LogP contribution in [0, 0.1) is 0 Å². The normalized spacial score (nSPS) is 18.1. The predicted molar refractivity (Wildman–Crippen MR) is 128 cm³/mol. The summed E-state index contributed by atoms with van der Waals surface area (Å²) < 4.78 is 13.1. The topological polar surface area (TPSA) is 55.5 Å². The second-order valence-electron chi connectivity index (χ2n) is 7.46. The van der Waals surface area contributed by atoms with Crippen molar-refractivity contribution in [1.29, 1.82) is 0 Å². The zero-order valence-electron chi connectivity index (χ0n) is 17.3. The zero-order chi connectivity index (χ0) is 22.1. The number of aromatic nitrogens is 2. The van der Waals surface area contributed by atoms with Gasteiger partial charge in [0.1, 0.15) is 17.6 Å². The number of thiocarbonyl (C=S) groups is 1. The minimum absolute atomic E-state index is 0.144. The van der Waals surface area contributed by atoms with E-state index < -0.39 is 0 Å². The number of nitrogens with one attached hydrogen (secondary N) is 1. The molecule has 1 aliphatic rings. The fourth-order valence-electron chi connectivity index (χ4n) is 4.15. The lowest BCUT2D eigenvalue weighted by Gasteiger charge is -2.29. The molecule has 0 bridgehead atoms. The first-order valence-corrected chi connectivity index (χ1v) is 11.0. The molecule has 1 fully saturated rings. The first kappa shape index (κ1) is 20.6. The maximum atomic E-state index is 6.46. The largest absolute Gasteiger partial charge is 0.495 e. The highest BCUT2D eigenvalue weighted by molar-refractivity contribution is 7.80. The number of furan rings is 1. The second kappa shape index (κ2) is 8.68. The van der Waals surface area contributed by atoms with Crippen molar-refractivity contribution in [2.24, 2.45) is 0 Å². The van der Waals surface area contributed by atoms with E-state index in [1.54, 1.807) is 19.6 Å². The number of methoxy groups -OCH3 is 1. The van der Waals surface area contributed by atoms with Gasteiger partial charge in [0.2, 0.25) is 0 Å². The summed E-state index contributed by atoms with van der Waals surface area (Å²) in [5.41, 5.74) is 2.87. The van der Waals surface area contributed by atoms with E-state index in [2.05, 4.69) is 25.8 Å². The number of pyridine rings is 1. The molecule has 4 aromatic rings. The van der Waals surface area contributed by atoms with Crippen LogP contribution < -0.4 is 15.0 Å². The molecule has 6 nitrogen and oxygen atoms in total. The van der Waals surface area contributed by atoms with Gasteiger partial charge in [0.25, 0.3) is 0 Å². The van der Waals surface area contributed by atoms with Crippen molar-refractivity contribution in [3.63, 3.8) is 0 Å². The molecule has 0 amide bonds. The van der Waals surface area contributed by atoms with Crippen LogP contribution in [0.25, 0.3) is 0 Å². The Labute approximate surface area is 196 Å². The summed E-state index contributed by atoms with van der Waals surface area (Å²) >= 11 is 12.3. The smallest absolute Gasteiger partial charge is 0.174 e. The molecule has 4 heterocycles. The third-order valence-electron chi connectivity index (χ3n) is 5.59. The third-order valence-corrected chi connectivity index (χ3v) is 6.20. The van der Waals surface area contributed by atoms with Crippen molar-refractivity contribution in [2.45, 2.75) is 18.6 Å². The van der Waals surface area contributed by atoms with E-state index in [0.717, 1.165) is 22.8 Å². The highest BCUT2D eigenvalue weighted by Gasteiger charge is 2.42. The summed E-state index contributed by atoms with van der Waals surface area (Å²) in [5, 5.41) is 4.61. The van der Waals surface area contributed by atoms with E-state index in [4.69, 9.17) is 33.0 Å². The van der Waals surface area contributed by atoms with E-state index in [0.29, 0.717) is 22.4 Å². The number of benzene rings is 1. The Hall–Kier alpha value is -3.29. The Kier molecular flexibility index (Phi) is 5.59. The van der Waals surface area contributed by atoms with Crippen LogP contribution in [0.1, 0.15) is 29.2 Å². The summed E-state index contributed by atoms with van der Waals surface area (Å²) in [6.45, 7) is 0.616. The van der Waals surface area contributed by atoms with Crippen molar-refractivity contribution < 1.29 is 9.15 Å². The lowest BCUT2D eigenvalue weighted by Crippen LogP contribution is -2.30. The monoisotopic (exact) mass is 464 g/mol. The van der Waals surface area contributed by atoms with Gasteiger partial charge in [0.05, 0.1) is 36.7 Å². The molecule has 1 aliphatic heterocycles. The lowest BCUT2D eigenvalue weighted by atomic mass is 10.0. The van der Waals surface area contributed by atoms with Crippen LogP contribution in [0.2, 0.25) is 5.02 Å². The first-order valence-electron chi connectivity index (χ1n) is 10.2. The van der Waals surface area contributed by atoms with Crippen LogP contribution in [-0.4, -0.2) is 21.8 Å². The number of halogens is 1. The van der Waals surface area contributed by atoms with Crippen molar-refractivity contribution in [3.8, 4) is 5.75 Å². The zero-order valence-corrected chi connectivity index (χ0v) is 18.9. The van der Waals surface area contributed by atoms with E-state index in [9.17, 15) is 0 Å². The number of hydrogen-bond acceptors (Lipinski definition) is 4. The maximum Gasteiger partial charge on any atom is 0.174 e. The Morgan fingerprint density at radius 3 is 2.78 bits per heavy atom. The minimum Gasteiger partial charge on any atom is -0.495 e. The van der Waals surface area contributed by atoms with Gasteiger partial charge in [-0.15, -0.1) is 0 Å². The van der Waals surface area contributed by atoms with Crippen molar-refractivity contribution in [1.82, 2.24) is 14.9 Å². The minimum atomic E-state index is -0.146. The molecule has 3 aromatic heterocycles. The summed E-state index contributed by atoms with van der Waals surface area (Å²) in [4.78, 5) is 6.70. The molecule has 0 spiro atoms. The van der Waals surface area contributed by atoms with Crippen LogP contribution in [0.3, 0.4) is 0 Å². The van der Waals surface area contributed by atoms with Gasteiger partial charge in [-0.05, 0) is 66.8 Å². The van der Waals surface area contributed by atoms with Gasteiger partial charge in [0, 0.05) is 23.8 Å². The average Bonchev–Trinajstić information content (AvgIpc) is 3.55. The summed E-state index contributed by atoms with van der Waals surface area (Å²) in [6, 6.07) is 19.3. The molecule has 0 unspecified atom stereocenters. The number of rotatable bonds is 6. The van der Waals surface area contributed by atoms with Crippen molar-refractivity contribution in [3.05, 3.63) is 101 Å². The summed E-state index contributed by atoms with van der Waals surface area (Å²) in [6.07, 6.45) is 5.53. The molecule has 0 saturated carbocycles. The van der Waals surface area contributed by atoms with Crippen LogP contribution >= 0.6 is 23.8 Å². The quantitative estimate of drug-likeness (QED) is 0.387. The molecule has 1 saturated heterocycles. The molecule has 2 atom stereocenters. The molecule has 0 radical (unpaired) electrons. The van der Waals surface area contributed by atoms with Crippen LogP contribution in [0.5, 0.6) is 5.75 Å². The standard InChI is InChI=1S/C24H21ClN4O2S/c1-30-21-10-9-16(14-18(21)25)29-23(22(27-24(29)32)19-7-2-3-11-26-19)20-8-4-12-28(20)15-17-6-5-13-31-17/h2-14,22-23H,15H2,1H3,(H,27,32)/t22-,23-/m0/s1. The average molecular weight is 465 g/mol. The van der Waals surface area contributed by atoms with Gasteiger partial charge >= 0.3 is 0 Å². The van der Waals surface area contributed by atoms with Crippen LogP contribution in [0.4, 0.5) is 5.69 Å². The third kappa shape index (κ3) is 3.74. The van der Waals surface area contributed by atoms with E-state index >= 15 is 0 Å². The highest BCUT2D eigenvalue weighted by atomic mass is 35.5.